The van der Waals surface area contributed by atoms with Crippen LogP contribution in [0.5, 0.6) is 0 Å². The summed E-state index contributed by atoms with van der Waals surface area (Å²) in [4.78, 5) is 0. The molecule has 1 aromatic carbocycles. The molecule has 0 saturated heterocycles. The SMILES string of the molecule is CNC(C)c1nnc(Nc2c(C)cc(Br)cc2C)o1. The van der Waals surface area contributed by atoms with Crippen LogP contribution in [0.4, 0.5) is 11.7 Å². The second-order valence-corrected chi connectivity index (χ2v) is 5.41. The van der Waals surface area contributed by atoms with Crippen molar-refractivity contribution in [3.63, 3.8) is 0 Å². The molecule has 0 saturated carbocycles. The van der Waals surface area contributed by atoms with Crippen LogP contribution in [0, 0.1) is 13.8 Å². The number of rotatable bonds is 4. The van der Waals surface area contributed by atoms with E-state index in [-0.39, 0.29) is 6.04 Å². The van der Waals surface area contributed by atoms with E-state index in [1.807, 2.05) is 40.0 Å². The lowest BCUT2D eigenvalue weighted by Crippen LogP contribution is -2.12. The zero-order valence-corrected chi connectivity index (χ0v) is 13.0. The quantitative estimate of drug-likeness (QED) is 0.901. The Labute approximate surface area is 120 Å². The van der Waals surface area contributed by atoms with Crippen LogP contribution in [0.15, 0.2) is 21.0 Å². The van der Waals surface area contributed by atoms with Gasteiger partial charge in [0.2, 0.25) is 5.89 Å². The zero-order valence-electron chi connectivity index (χ0n) is 11.4. The van der Waals surface area contributed by atoms with Crippen LogP contribution in [0.25, 0.3) is 0 Å². The molecule has 5 nitrogen and oxygen atoms in total. The van der Waals surface area contributed by atoms with Gasteiger partial charge in [0.25, 0.3) is 0 Å². The molecule has 6 heteroatoms. The summed E-state index contributed by atoms with van der Waals surface area (Å²) in [5, 5.41) is 14.3. The highest BCUT2D eigenvalue weighted by Crippen LogP contribution is 2.28. The predicted octanol–water partition coefficient (Wildman–Crippen LogP) is 3.47. The van der Waals surface area contributed by atoms with E-state index in [0.717, 1.165) is 21.3 Å². The Hall–Kier alpha value is -1.40. The van der Waals surface area contributed by atoms with Crippen LogP contribution >= 0.6 is 15.9 Å². The molecular weight excluding hydrogens is 308 g/mol. The fourth-order valence-corrected chi connectivity index (χ4v) is 2.49. The molecule has 1 heterocycles. The van der Waals surface area contributed by atoms with E-state index in [0.29, 0.717) is 11.9 Å². The smallest absolute Gasteiger partial charge is 0.320 e. The van der Waals surface area contributed by atoms with Crippen molar-refractivity contribution in [2.24, 2.45) is 0 Å². The highest BCUT2D eigenvalue weighted by molar-refractivity contribution is 9.10. The molecule has 0 amide bonds. The molecule has 0 spiro atoms. The number of nitrogens with one attached hydrogen (secondary N) is 2. The Morgan fingerprint density at radius 3 is 2.42 bits per heavy atom. The maximum Gasteiger partial charge on any atom is 0.320 e. The summed E-state index contributed by atoms with van der Waals surface area (Å²) in [6.45, 7) is 6.04. The van der Waals surface area contributed by atoms with Gasteiger partial charge in [-0.15, -0.1) is 5.10 Å². The highest BCUT2D eigenvalue weighted by atomic mass is 79.9. The fourth-order valence-electron chi connectivity index (χ4n) is 1.80. The number of nitrogens with zero attached hydrogens (tertiary/aromatic N) is 2. The first-order valence-electron chi connectivity index (χ1n) is 6.05. The molecule has 2 rings (SSSR count). The van der Waals surface area contributed by atoms with E-state index in [2.05, 4.69) is 36.8 Å². The van der Waals surface area contributed by atoms with E-state index in [9.17, 15) is 0 Å². The van der Waals surface area contributed by atoms with Gasteiger partial charge in [-0.25, -0.2) is 0 Å². The van der Waals surface area contributed by atoms with E-state index < -0.39 is 0 Å². The van der Waals surface area contributed by atoms with Crippen LogP contribution in [0.1, 0.15) is 30.0 Å². The third kappa shape index (κ3) is 3.13. The van der Waals surface area contributed by atoms with Crippen molar-refractivity contribution < 1.29 is 4.42 Å². The Morgan fingerprint density at radius 2 is 1.84 bits per heavy atom. The number of halogens is 1. The minimum absolute atomic E-state index is 0.0372. The second-order valence-electron chi connectivity index (χ2n) is 4.50. The monoisotopic (exact) mass is 324 g/mol. The van der Waals surface area contributed by atoms with Gasteiger partial charge >= 0.3 is 6.01 Å². The second kappa shape index (κ2) is 5.71. The Balaban J connectivity index is 2.24. The number of aromatic nitrogens is 2. The maximum absolute atomic E-state index is 5.57. The molecule has 2 N–H and O–H groups in total. The summed E-state index contributed by atoms with van der Waals surface area (Å²) in [5.41, 5.74) is 3.23. The molecule has 19 heavy (non-hydrogen) atoms. The Morgan fingerprint density at radius 1 is 1.21 bits per heavy atom. The van der Waals surface area contributed by atoms with E-state index >= 15 is 0 Å². The van der Waals surface area contributed by atoms with Crippen molar-refractivity contribution in [2.75, 3.05) is 12.4 Å². The Kier molecular flexibility index (Phi) is 4.21. The van der Waals surface area contributed by atoms with Gasteiger partial charge in [0.15, 0.2) is 0 Å². The minimum atomic E-state index is 0.0372. The standard InChI is InChI=1S/C13H17BrN4O/c1-7-5-10(14)6-8(2)11(7)16-13-18-17-12(19-13)9(3)15-4/h5-6,9,15H,1-4H3,(H,16,18). The molecule has 0 fully saturated rings. The van der Waals surface area contributed by atoms with E-state index in [1.165, 1.54) is 0 Å². The van der Waals surface area contributed by atoms with Gasteiger partial charge in [-0.2, -0.15) is 0 Å². The van der Waals surface area contributed by atoms with Crippen molar-refractivity contribution in [2.45, 2.75) is 26.8 Å². The van der Waals surface area contributed by atoms with Crippen molar-refractivity contribution in [3.8, 4) is 0 Å². The molecular formula is C13H17BrN4O. The summed E-state index contributed by atoms with van der Waals surface area (Å²) in [6, 6.07) is 4.53. The van der Waals surface area contributed by atoms with Crippen molar-refractivity contribution in [3.05, 3.63) is 33.6 Å². The molecule has 0 aliphatic carbocycles. The van der Waals surface area contributed by atoms with Crippen molar-refractivity contribution in [1.29, 1.82) is 0 Å². The molecule has 1 atom stereocenters. The maximum atomic E-state index is 5.57. The summed E-state index contributed by atoms with van der Waals surface area (Å²) >= 11 is 3.48. The van der Waals surface area contributed by atoms with E-state index in [4.69, 9.17) is 4.42 Å². The van der Waals surface area contributed by atoms with Gasteiger partial charge in [-0.1, -0.05) is 21.0 Å². The lowest BCUT2D eigenvalue weighted by Gasteiger charge is -2.10. The van der Waals surface area contributed by atoms with E-state index in [1.54, 1.807) is 0 Å². The lowest BCUT2D eigenvalue weighted by molar-refractivity contribution is 0.443. The first-order valence-corrected chi connectivity index (χ1v) is 6.85. The molecule has 1 unspecified atom stereocenters. The van der Waals surface area contributed by atoms with Gasteiger partial charge < -0.3 is 15.1 Å². The van der Waals surface area contributed by atoms with Gasteiger partial charge in [0.1, 0.15) is 0 Å². The molecule has 0 aliphatic rings. The number of anilines is 2. The average molecular weight is 325 g/mol. The molecule has 102 valence electrons. The zero-order chi connectivity index (χ0) is 14.0. The number of hydrogen-bond acceptors (Lipinski definition) is 5. The number of aryl methyl sites for hydroxylation is 2. The predicted molar refractivity (Wildman–Crippen MR) is 78.7 cm³/mol. The van der Waals surface area contributed by atoms with Crippen molar-refractivity contribution in [1.82, 2.24) is 15.5 Å². The summed E-state index contributed by atoms with van der Waals surface area (Å²) in [5.74, 6) is 0.567. The minimum Gasteiger partial charge on any atom is -0.406 e. The van der Waals surface area contributed by atoms with Gasteiger partial charge in [0.05, 0.1) is 6.04 Å². The van der Waals surface area contributed by atoms with Gasteiger partial charge in [-0.3, -0.25) is 0 Å². The summed E-state index contributed by atoms with van der Waals surface area (Å²) < 4.78 is 6.63. The first-order chi connectivity index (χ1) is 9.01. The topological polar surface area (TPSA) is 63.0 Å². The van der Waals surface area contributed by atoms with Crippen LogP contribution in [-0.4, -0.2) is 17.2 Å². The molecule has 1 aromatic heterocycles. The molecule has 2 aromatic rings. The normalized spacial score (nSPS) is 12.5. The first kappa shape index (κ1) is 14.0. The largest absolute Gasteiger partial charge is 0.406 e. The van der Waals surface area contributed by atoms with Crippen LogP contribution in [-0.2, 0) is 0 Å². The summed E-state index contributed by atoms with van der Waals surface area (Å²) in [6.07, 6.45) is 0. The van der Waals surface area contributed by atoms with Crippen LogP contribution < -0.4 is 10.6 Å². The van der Waals surface area contributed by atoms with Crippen LogP contribution in [0.3, 0.4) is 0 Å². The van der Waals surface area contributed by atoms with Gasteiger partial charge in [0, 0.05) is 10.2 Å². The lowest BCUT2D eigenvalue weighted by atomic mass is 10.1. The van der Waals surface area contributed by atoms with Crippen LogP contribution in [0.2, 0.25) is 0 Å². The molecule has 0 radical (unpaired) electrons. The molecule has 0 aliphatic heterocycles. The van der Waals surface area contributed by atoms with Gasteiger partial charge in [-0.05, 0) is 51.1 Å². The fraction of sp³-hybridized carbons (Fsp3) is 0.385. The third-order valence-corrected chi connectivity index (χ3v) is 3.43. The number of hydrogen-bond donors (Lipinski definition) is 2. The van der Waals surface area contributed by atoms with Crippen molar-refractivity contribution >= 4 is 27.6 Å². The Bertz CT molecular complexity index is 559. The average Bonchev–Trinajstić information content (AvgIpc) is 2.81. The summed E-state index contributed by atoms with van der Waals surface area (Å²) in [7, 11) is 1.85. The molecule has 0 bridgehead atoms. The highest BCUT2D eigenvalue weighted by Gasteiger charge is 2.13. The number of benzene rings is 1. The third-order valence-electron chi connectivity index (χ3n) is 2.97.